The Morgan fingerprint density at radius 3 is 2.02 bits per heavy atom. The molecule has 1 saturated heterocycles. The Bertz CT molecular complexity index is 1470. The number of amides is 5. The number of hydrogen-bond acceptors (Lipinski definition) is 7. The van der Waals surface area contributed by atoms with Crippen molar-refractivity contribution in [3.8, 4) is 0 Å². The highest BCUT2D eigenvalue weighted by Crippen LogP contribution is 2.88. The molecule has 2 unspecified atom stereocenters. The Kier molecular flexibility index (Phi) is 9.91. The molecule has 5 amide bonds. The molecule has 50 heavy (non-hydrogen) atoms. The average Bonchev–Trinajstić information content (AvgIpc) is 3.87. The summed E-state index contributed by atoms with van der Waals surface area (Å²) in [6, 6.07) is -3.66. The van der Waals surface area contributed by atoms with Crippen LogP contribution in [0.3, 0.4) is 0 Å². The van der Waals surface area contributed by atoms with Crippen LogP contribution in [0.25, 0.3) is 0 Å². The molecule has 1 aliphatic heterocycles. The summed E-state index contributed by atoms with van der Waals surface area (Å²) >= 11 is 0. The molecule has 0 bridgehead atoms. The van der Waals surface area contributed by atoms with Crippen molar-refractivity contribution in [2.45, 2.75) is 160 Å². The topological polar surface area (TPSA) is 171 Å². The number of nitrogens with zero attached hydrogens (tertiary/aromatic N) is 1. The minimum Gasteiger partial charge on any atom is -0.347 e. The van der Waals surface area contributed by atoms with Gasteiger partial charge in [0.2, 0.25) is 34.2 Å². The molecular weight excluding hydrogens is 659 g/mol. The van der Waals surface area contributed by atoms with Crippen LogP contribution in [0.1, 0.15) is 131 Å². The molecule has 0 aromatic rings. The number of rotatable bonds is 13. The summed E-state index contributed by atoms with van der Waals surface area (Å²) in [5.41, 5.74) is -1.09. The second kappa shape index (κ2) is 13.4. The zero-order valence-electron chi connectivity index (χ0n) is 30.6. The first-order chi connectivity index (χ1) is 23.5. The third-order valence-electron chi connectivity index (χ3n) is 14.1. The molecule has 0 aromatic carbocycles. The normalized spacial score (nSPS) is 29.2. The summed E-state index contributed by atoms with van der Waals surface area (Å²) in [7, 11) is -3.81. The summed E-state index contributed by atoms with van der Waals surface area (Å²) in [4.78, 5) is 69.9. The van der Waals surface area contributed by atoms with Gasteiger partial charge in [0.05, 0.1) is 5.25 Å². The van der Waals surface area contributed by atoms with Gasteiger partial charge in [0, 0.05) is 12.0 Å². The number of carbonyl (C=O) groups is 5. The maximum absolute atomic E-state index is 14.8. The first-order valence-electron chi connectivity index (χ1n) is 19.1. The number of hydrogen-bond donors (Lipinski definition) is 4. The lowest BCUT2D eigenvalue weighted by atomic mass is 9.73. The smallest absolute Gasteiger partial charge is 0.256 e. The fourth-order valence-corrected chi connectivity index (χ4v) is 11.7. The van der Waals surface area contributed by atoms with Crippen molar-refractivity contribution in [1.29, 1.82) is 0 Å². The average molecular weight is 718 g/mol. The minimum absolute atomic E-state index is 0.0218. The van der Waals surface area contributed by atoms with Gasteiger partial charge in [-0.05, 0) is 79.4 Å². The molecule has 4 N–H and O–H groups in total. The molecule has 5 aliphatic carbocycles. The van der Waals surface area contributed by atoms with Crippen LogP contribution in [0.15, 0.2) is 0 Å². The van der Waals surface area contributed by atoms with Crippen molar-refractivity contribution >= 4 is 40.1 Å². The van der Waals surface area contributed by atoms with Crippen LogP contribution in [-0.4, -0.2) is 79.3 Å². The number of fused-ring (bicyclic) bond motifs is 1. The molecule has 13 heteroatoms. The number of sulfonamides is 1. The van der Waals surface area contributed by atoms with Crippen LogP contribution < -0.4 is 20.7 Å². The Hall–Kier alpha value is -2.70. The molecular formula is C37H59N5O7S. The van der Waals surface area contributed by atoms with Gasteiger partial charge in [0.15, 0.2) is 0 Å². The molecule has 280 valence electrons. The van der Waals surface area contributed by atoms with E-state index in [1.807, 2.05) is 20.8 Å². The second-order valence-electron chi connectivity index (χ2n) is 18.1. The molecule has 6 aliphatic rings. The molecule has 6 fully saturated rings. The molecule has 6 rings (SSSR count). The van der Waals surface area contributed by atoms with Gasteiger partial charge in [-0.3, -0.25) is 28.7 Å². The van der Waals surface area contributed by atoms with E-state index in [2.05, 4.69) is 34.5 Å². The Balaban J connectivity index is 1.26. The fraction of sp³-hybridized carbons (Fsp3) is 0.865. The zero-order chi connectivity index (χ0) is 36.3. The highest BCUT2D eigenvalue weighted by atomic mass is 32.2. The highest BCUT2D eigenvalue weighted by Gasteiger charge is 2.85. The predicted molar refractivity (Wildman–Crippen MR) is 188 cm³/mol. The van der Waals surface area contributed by atoms with Gasteiger partial charge in [0.1, 0.15) is 24.2 Å². The van der Waals surface area contributed by atoms with Gasteiger partial charge in [-0.15, -0.1) is 0 Å². The van der Waals surface area contributed by atoms with E-state index < -0.39 is 62.6 Å². The fourth-order valence-electron chi connectivity index (χ4n) is 10.3. The quantitative estimate of drug-likeness (QED) is 0.212. The van der Waals surface area contributed by atoms with E-state index in [4.69, 9.17) is 0 Å². The lowest BCUT2D eigenvalue weighted by Crippen LogP contribution is -2.61. The summed E-state index contributed by atoms with van der Waals surface area (Å²) in [6.45, 7) is 10.5. The Morgan fingerprint density at radius 2 is 1.52 bits per heavy atom. The monoisotopic (exact) mass is 717 g/mol. The first-order valence-corrected chi connectivity index (χ1v) is 20.7. The van der Waals surface area contributed by atoms with E-state index in [0.717, 1.165) is 70.6 Å². The number of carbonyl (C=O) groups excluding carboxylic acids is 5. The van der Waals surface area contributed by atoms with Gasteiger partial charge in [-0.2, -0.15) is 0 Å². The van der Waals surface area contributed by atoms with Crippen molar-refractivity contribution < 1.29 is 32.4 Å². The van der Waals surface area contributed by atoms with Gasteiger partial charge in [0.25, 0.3) is 5.91 Å². The Labute approximate surface area is 297 Å². The van der Waals surface area contributed by atoms with Crippen LogP contribution in [0.5, 0.6) is 0 Å². The lowest BCUT2D eigenvalue weighted by Gasteiger charge is -2.38. The minimum atomic E-state index is -3.81. The molecule has 5 saturated carbocycles. The summed E-state index contributed by atoms with van der Waals surface area (Å²) < 4.78 is 27.7. The van der Waals surface area contributed by atoms with E-state index in [1.165, 1.54) is 0 Å². The van der Waals surface area contributed by atoms with Crippen molar-refractivity contribution in [2.24, 2.45) is 33.5 Å². The first kappa shape index (κ1) is 37.1. The zero-order valence-corrected chi connectivity index (χ0v) is 31.5. The predicted octanol–water partition coefficient (Wildman–Crippen LogP) is 3.29. The van der Waals surface area contributed by atoms with Crippen LogP contribution in [0.4, 0.5) is 0 Å². The summed E-state index contributed by atoms with van der Waals surface area (Å²) in [5, 5.41) is 8.10. The van der Waals surface area contributed by atoms with Crippen molar-refractivity contribution in [3.05, 3.63) is 0 Å². The number of likely N-dealkylation sites (tertiary alicyclic amines) is 1. The SMILES string of the molecule is CC(C)(C)[C@H](NC(=O)C(NC=O)C1CCCCC1)C(=O)N1CC2(C[C@H]1C(=O)N[C@@H](CC1CCC1)C(=O)NS(=O)(=O)C1CC1)C(C)(C)C21CCC1. The van der Waals surface area contributed by atoms with Gasteiger partial charge in [-0.25, -0.2) is 8.42 Å². The Morgan fingerprint density at radius 1 is 0.860 bits per heavy atom. The van der Waals surface area contributed by atoms with Crippen LogP contribution in [-0.2, 0) is 34.0 Å². The molecule has 0 aromatic heterocycles. The molecule has 1 heterocycles. The van der Waals surface area contributed by atoms with Crippen molar-refractivity contribution in [3.63, 3.8) is 0 Å². The molecule has 12 nitrogen and oxygen atoms in total. The van der Waals surface area contributed by atoms with Gasteiger partial charge < -0.3 is 20.9 Å². The number of nitrogens with one attached hydrogen (secondary N) is 4. The van der Waals surface area contributed by atoms with E-state index in [-0.39, 0.29) is 34.0 Å². The molecule has 2 spiro atoms. The van der Waals surface area contributed by atoms with E-state index in [9.17, 15) is 32.4 Å². The third-order valence-corrected chi connectivity index (χ3v) is 15.9. The van der Waals surface area contributed by atoms with E-state index >= 15 is 0 Å². The standard InChI is InChI=1S/C37H59N5O7S/c1-34(2,3)29(40-32(46)28(38-22-43)24-13-7-6-8-14-24)33(47)42-21-37(35(4,5)36(37)17-10-18-36)20-27(42)31(45)39-26(19-23-11-9-12-23)30(44)41-50(48,49)25-15-16-25/h22-29H,6-21H2,1-5H3,(H,38,43)(H,39,45)(H,40,46)(H,41,44)/t26-,27-,28?,29+,37?/m0/s1. The van der Waals surface area contributed by atoms with Crippen LogP contribution in [0.2, 0.25) is 0 Å². The van der Waals surface area contributed by atoms with Crippen molar-refractivity contribution in [2.75, 3.05) is 6.54 Å². The largest absolute Gasteiger partial charge is 0.347 e. The highest BCUT2D eigenvalue weighted by molar-refractivity contribution is 7.90. The van der Waals surface area contributed by atoms with E-state index in [1.54, 1.807) is 4.90 Å². The van der Waals surface area contributed by atoms with Gasteiger partial charge >= 0.3 is 0 Å². The lowest BCUT2D eigenvalue weighted by molar-refractivity contribution is -0.145. The maximum Gasteiger partial charge on any atom is 0.256 e. The van der Waals surface area contributed by atoms with E-state index in [0.29, 0.717) is 38.6 Å². The van der Waals surface area contributed by atoms with Gasteiger partial charge in [-0.1, -0.05) is 79.6 Å². The second-order valence-corrected chi connectivity index (χ2v) is 20.1. The molecule has 0 radical (unpaired) electrons. The summed E-state index contributed by atoms with van der Waals surface area (Å²) in [6.07, 6.45) is 13.1. The van der Waals surface area contributed by atoms with Crippen LogP contribution >= 0.6 is 0 Å². The van der Waals surface area contributed by atoms with Crippen molar-refractivity contribution in [1.82, 2.24) is 25.6 Å². The third kappa shape index (κ3) is 6.46. The maximum atomic E-state index is 14.8. The van der Waals surface area contributed by atoms with Crippen LogP contribution in [0, 0.1) is 33.5 Å². The molecule has 5 atom stereocenters. The summed E-state index contributed by atoms with van der Waals surface area (Å²) in [5.74, 6) is -1.75.